The van der Waals surface area contributed by atoms with Gasteiger partial charge in [0.05, 0.1) is 12.4 Å². The Labute approximate surface area is 174 Å². The Hall–Kier alpha value is -4.36. The first-order valence-electron chi connectivity index (χ1n) is 8.25. The molecule has 0 bridgehead atoms. The maximum absolute atomic E-state index is 11.7. The molecule has 0 aromatic carbocycles. The summed E-state index contributed by atoms with van der Waals surface area (Å²) in [5.41, 5.74) is 0.890. The number of Topliss-reactive ketones (excluding diaryl/α,β-unsaturated/α-hetero) is 1. The summed E-state index contributed by atoms with van der Waals surface area (Å²) in [5.74, 6) is 0.0856. The van der Waals surface area contributed by atoms with Crippen LogP contribution in [0.25, 0.3) is 10.3 Å². The molecule has 1 unspecified atom stereocenters. The van der Waals surface area contributed by atoms with Gasteiger partial charge in [0.1, 0.15) is 29.3 Å². The molecular formula is C17H13N11OS. The molecule has 0 fully saturated rings. The lowest BCUT2D eigenvalue weighted by atomic mass is 10.1. The molecule has 3 aromatic rings. The summed E-state index contributed by atoms with van der Waals surface area (Å²) in [7, 11) is 0. The van der Waals surface area contributed by atoms with Crippen LogP contribution in [-0.4, -0.2) is 48.3 Å². The Morgan fingerprint density at radius 1 is 1.10 bits per heavy atom. The number of hydrogen-bond donors (Lipinski definition) is 0. The molecule has 30 heavy (non-hydrogen) atoms. The van der Waals surface area contributed by atoms with E-state index < -0.39 is 6.04 Å². The molecule has 0 aliphatic carbocycles. The number of carbonyl (C=O) groups excluding carboxylic acids is 1. The molecule has 1 atom stereocenters. The van der Waals surface area contributed by atoms with Crippen molar-refractivity contribution in [2.75, 3.05) is 0 Å². The second-order valence-electron chi connectivity index (χ2n) is 5.91. The summed E-state index contributed by atoms with van der Waals surface area (Å²) in [6, 6.07) is 3.10. The fourth-order valence-corrected chi connectivity index (χ4v) is 3.16. The molecule has 0 N–H and O–H groups in total. The molecule has 0 spiro atoms. The van der Waals surface area contributed by atoms with Gasteiger partial charge in [-0.05, 0) is 26.1 Å². The molecule has 3 aromatic heterocycles. The van der Waals surface area contributed by atoms with Gasteiger partial charge in [0.2, 0.25) is 10.3 Å². The number of nitriles is 2. The SMILES string of the molecule is C=Nc1c(C#N)cnn1-c1nnc(-n2ncc(C#N)c2N=NC(C(=C)C)C(C)=O)s1. The Morgan fingerprint density at radius 2 is 1.63 bits per heavy atom. The summed E-state index contributed by atoms with van der Waals surface area (Å²) in [6.45, 7) is 10.2. The van der Waals surface area contributed by atoms with E-state index in [4.69, 9.17) is 5.26 Å². The lowest BCUT2D eigenvalue weighted by molar-refractivity contribution is -0.117. The van der Waals surface area contributed by atoms with Crippen LogP contribution < -0.4 is 0 Å². The third-order valence-corrected chi connectivity index (χ3v) is 4.64. The van der Waals surface area contributed by atoms with Crippen molar-refractivity contribution in [1.29, 1.82) is 10.5 Å². The van der Waals surface area contributed by atoms with Crippen molar-refractivity contribution in [3.8, 4) is 22.4 Å². The number of nitrogens with zero attached hydrogens (tertiary/aromatic N) is 11. The summed E-state index contributed by atoms with van der Waals surface area (Å²) in [6.07, 6.45) is 2.64. The number of rotatable bonds is 7. The van der Waals surface area contributed by atoms with Gasteiger partial charge in [0, 0.05) is 0 Å². The highest BCUT2D eigenvalue weighted by Gasteiger charge is 2.20. The summed E-state index contributed by atoms with van der Waals surface area (Å²) in [4.78, 5) is 15.5. The molecule has 0 saturated carbocycles. The van der Waals surface area contributed by atoms with Gasteiger partial charge in [-0.15, -0.1) is 15.3 Å². The Morgan fingerprint density at radius 3 is 2.10 bits per heavy atom. The molecule has 148 valence electrons. The van der Waals surface area contributed by atoms with Crippen LogP contribution in [0.15, 0.2) is 39.8 Å². The number of carbonyl (C=O) groups is 1. The molecule has 0 amide bonds. The third kappa shape index (κ3) is 3.65. The number of ketones is 1. The lowest BCUT2D eigenvalue weighted by Crippen LogP contribution is -2.15. The van der Waals surface area contributed by atoms with E-state index in [0.717, 1.165) is 11.3 Å². The minimum Gasteiger partial charge on any atom is -0.297 e. The van der Waals surface area contributed by atoms with Gasteiger partial charge in [-0.2, -0.15) is 35.2 Å². The molecule has 0 radical (unpaired) electrons. The number of aromatic nitrogens is 6. The minimum atomic E-state index is -0.834. The zero-order valence-electron chi connectivity index (χ0n) is 15.9. The normalized spacial score (nSPS) is 11.7. The van der Waals surface area contributed by atoms with Crippen LogP contribution in [0.5, 0.6) is 0 Å². The molecule has 0 aliphatic heterocycles. The average Bonchev–Trinajstić information content (AvgIpc) is 3.43. The second kappa shape index (κ2) is 8.34. The average molecular weight is 419 g/mol. The van der Waals surface area contributed by atoms with E-state index >= 15 is 0 Å². The third-order valence-electron chi connectivity index (χ3n) is 3.76. The van der Waals surface area contributed by atoms with E-state index in [1.54, 1.807) is 6.92 Å². The van der Waals surface area contributed by atoms with E-state index in [9.17, 15) is 10.1 Å². The molecule has 3 rings (SSSR count). The van der Waals surface area contributed by atoms with Crippen molar-refractivity contribution >= 4 is 35.5 Å². The zero-order valence-corrected chi connectivity index (χ0v) is 16.7. The highest BCUT2D eigenvalue weighted by atomic mass is 32.1. The van der Waals surface area contributed by atoms with Crippen LogP contribution in [0.3, 0.4) is 0 Å². The van der Waals surface area contributed by atoms with Crippen molar-refractivity contribution < 1.29 is 4.79 Å². The van der Waals surface area contributed by atoms with Crippen LogP contribution in [-0.2, 0) is 4.79 Å². The quantitative estimate of drug-likeness (QED) is 0.322. The summed E-state index contributed by atoms with van der Waals surface area (Å²) >= 11 is 1.06. The predicted molar refractivity (Wildman–Crippen MR) is 107 cm³/mol. The van der Waals surface area contributed by atoms with Crippen LogP contribution in [0.4, 0.5) is 11.6 Å². The zero-order chi connectivity index (χ0) is 21.8. The fraction of sp³-hybridized carbons (Fsp3) is 0.176. The molecule has 3 heterocycles. The predicted octanol–water partition coefficient (Wildman–Crippen LogP) is 2.60. The second-order valence-corrected chi connectivity index (χ2v) is 6.85. The van der Waals surface area contributed by atoms with E-state index in [-0.39, 0.29) is 33.7 Å². The monoisotopic (exact) mass is 419 g/mol. The van der Waals surface area contributed by atoms with Crippen LogP contribution >= 0.6 is 11.3 Å². The molecule has 12 nitrogen and oxygen atoms in total. The fourth-order valence-electron chi connectivity index (χ4n) is 2.39. The number of azo groups is 1. The molecular weight excluding hydrogens is 406 g/mol. The van der Waals surface area contributed by atoms with Gasteiger partial charge in [-0.1, -0.05) is 17.9 Å². The molecule has 13 heteroatoms. The standard InChI is InChI=1S/C17H13N11OS/c1-9(2)13(10(3)29)23-24-15-12(6-19)8-22-28(15)17-26-25-16(30-17)27-14(20-4)11(5-18)7-21-27/h7-8,13H,1,4H2,2-3H3. The minimum absolute atomic E-state index is 0.0907. The summed E-state index contributed by atoms with van der Waals surface area (Å²) in [5, 5.41) is 43.4. The van der Waals surface area contributed by atoms with Crippen molar-refractivity contribution in [1.82, 2.24) is 29.8 Å². The van der Waals surface area contributed by atoms with Crippen LogP contribution in [0.2, 0.25) is 0 Å². The Kier molecular flexibility index (Phi) is 5.66. The number of aliphatic imine (C=N–C) groups is 1. The molecule has 0 saturated heterocycles. The largest absolute Gasteiger partial charge is 0.297 e. The van der Waals surface area contributed by atoms with E-state index in [2.05, 4.69) is 48.9 Å². The Balaban J connectivity index is 2.04. The topological polar surface area (TPSA) is 163 Å². The summed E-state index contributed by atoms with van der Waals surface area (Å²) < 4.78 is 2.59. The highest BCUT2D eigenvalue weighted by Crippen LogP contribution is 2.29. The van der Waals surface area contributed by atoms with E-state index in [1.807, 2.05) is 12.1 Å². The van der Waals surface area contributed by atoms with Gasteiger partial charge in [0.25, 0.3) is 0 Å². The van der Waals surface area contributed by atoms with Gasteiger partial charge in [-0.3, -0.25) is 4.79 Å². The van der Waals surface area contributed by atoms with Crippen LogP contribution in [0.1, 0.15) is 25.0 Å². The first-order chi connectivity index (χ1) is 14.4. The van der Waals surface area contributed by atoms with E-state index in [0.29, 0.717) is 10.7 Å². The lowest BCUT2D eigenvalue weighted by Gasteiger charge is -2.06. The molecule has 0 aliphatic rings. The van der Waals surface area contributed by atoms with Crippen LogP contribution in [0, 0.1) is 22.7 Å². The van der Waals surface area contributed by atoms with Gasteiger partial charge in [-0.25, -0.2) is 4.99 Å². The van der Waals surface area contributed by atoms with Crippen molar-refractivity contribution in [2.45, 2.75) is 19.9 Å². The van der Waals surface area contributed by atoms with Crippen molar-refractivity contribution in [2.24, 2.45) is 15.2 Å². The van der Waals surface area contributed by atoms with Crippen molar-refractivity contribution in [3.05, 3.63) is 35.7 Å². The maximum Gasteiger partial charge on any atom is 0.236 e. The van der Waals surface area contributed by atoms with Gasteiger partial charge >= 0.3 is 0 Å². The van der Waals surface area contributed by atoms with Gasteiger partial charge in [0.15, 0.2) is 17.4 Å². The maximum atomic E-state index is 11.7. The van der Waals surface area contributed by atoms with Crippen molar-refractivity contribution in [3.63, 3.8) is 0 Å². The number of hydrogen-bond acceptors (Lipinski definition) is 11. The Bertz CT molecular complexity index is 1250. The smallest absolute Gasteiger partial charge is 0.236 e. The van der Waals surface area contributed by atoms with Gasteiger partial charge < -0.3 is 0 Å². The van der Waals surface area contributed by atoms with E-state index in [1.165, 1.54) is 28.7 Å². The first kappa shape index (κ1) is 20.4. The first-order valence-corrected chi connectivity index (χ1v) is 9.06. The highest BCUT2D eigenvalue weighted by molar-refractivity contribution is 7.16.